The minimum absolute atomic E-state index is 0.124. The van der Waals surface area contributed by atoms with Gasteiger partial charge in [0.15, 0.2) is 5.96 Å². The van der Waals surface area contributed by atoms with Gasteiger partial charge in [0.1, 0.15) is 5.75 Å². The minimum atomic E-state index is -4.19. The van der Waals surface area contributed by atoms with Crippen molar-refractivity contribution in [1.29, 1.82) is 0 Å². The Bertz CT molecular complexity index is 592. The molecule has 2 rings (SSSR count). The van der Waals surface area contributed by atoms with E-state index in [-0.39, 0.29) is 12.6 Å². The zero-order valence-electron chi connectivity index (χ0n) is 15.3. The Kier molecular flexibility index (Phi) is 7.41. The molecule has 2 N–H and O–H groups in total. The first-order valence-corrected chi connectivity index (χ1v) is 8.92. The summed E-state index contributed by atoms with van der Waals surface area (Å²) in [7, 11) is 1.64. The predicted molar refractivity (Wildman–Crippen MR) is 98.0 cm³/mol. The van der Waals surface area contributed by atoms with Gasteiger partial charge in [0.2, 0.25) is 0 Å². The molecule has 1 heterocycles. The van der Waals surface area contributed by atoms with E-state index in [0.717, 1.165) is 37.4 Å². The fourth-order valence-electron chi connectivity index (χ4n) is 2.94. The van der Waals surface area contributed by atoms with Crippen LogP contribution in [0.2, 0.25) is 0 Å². The molecular weight excluding hydrogens is 345 g/mol. The van der Waals surface area contributed by atoms with E-state index in [1.165, 1.54) is 0 Å². The second kappa shape index (κ2) is 9.54. The first-order valence-electron chi connectivity index (χ1n) is 8.92. The number of ether oxygens (including phenoxy) is 1. The fraction of sp³-hybridized carbons (Fsp3) is 0.611. The van der Waals surface area contributed by atoms with Crippen LogP contribution in [0.5, 0.6) is 5.75 Å². The van der Waals surface area contributed by atoms with Crippen LogP contribution in [0.3, 0.4) is 0 Å². The normalized spacial score (nSPS) is 18.6. The zero-order valence-corrected chi connectivity index (χ0v) is 15.3. The third kappa shape index (κ3) is 6.65. The zero-order chi connectivity index (χ0) is 19.0. The van der Waals surface area contributed by atoms with E-state index in [2.05, 4.69) is 20.5 Å². The maximum atomic E-state index is 12.3. The van der Waals surface area contributed by atoms with Gasteiger partial charge in [0.05, 0.1) is 20.1 Å². The van der Waals surface area contributed by atoms with Crippen molar-refractivity contribution in [2.45, 2.75) is 38.4 Å². The van der Waals surface area contributed by atoms with Gasteiger partial charge in [-0.15, -0.1) is 0 Å². The summed E-state index contributed by atoms with van der Waals surface area (Å²) in [5.41, 5.74) is 1.08. The highest BCUT2D eigenvalue weighted by Gasteiger charge is 2.26. The van der Waals surface area contributed by atoms with Crippen molar-refractivity contribution in [3.63, 3.8) is 0 Å². The fourth-order valence-corrected chi connectivity index (χ4v) is 2.94. The van der Waals surface area contributed by atoms with Gasteiger partial charge in [-0.25, -0.2) is 0 Å². The summed E-state index contributed by atoms with van der Waals surface area (Å²) in [4.78, 5) is 6.31. The third-order valence-electron chi connectivity index (χ3n) is 4.19. The lowest BCUT2D eigenvalue weighted by Gasteiger charge is -2.35. The Balaban J connectivity index is 1.96. The molecule has 1 aliphatic heterocycles. The average Bonchev–Trinajstić information content (AvgIpc) is 2.61. The standard InChI is InChI=1S/C18H27F3N4O/c1-3-22-17(23-10-9-18(19,20)21)24-14-6-5-11-25(13-14)15-7-4-8-16(12-15)26-2/h4,7-8,12,14H,3,5-6,9-11,13H2,1-2H3,(H2,22,23,24). The Morgan fingerprint density at radius 1 is 1.38 bits per heavy atom. The lowest BCUT2D eigenvalue weighted by Crippen LogP contribution is -2.51. The number of hydrogen-bond acceptors (Lipinski definition) is 3. The van der Waals surface area contributed by atoms with E-state index in [0.29, 0.717) is 12.5 Å². The van der Waals surface area contributed by atoms with Crippen LogP contribution in [-0.2, 0) is 0 Å². The summed E-state index contributed by atoms with van der Waals surface area (Å²) in [6, 6.07) is 8.00. The van der Waals surface area contributed by atoms with E-state index in [1.807, 2.05) is 31.2 Å². The number of anilines is 1. The molecule has 0 amide bonds. The van der Waals surface area contributed by atoms with Gasteiger partial charge in [-0.3, -0.25) is 4.99 Å². The quantitative estimate of drug-likeness (QED) is 0.595. The number of nitrogens with zero attached hydrogens (tertiary/aromatic N) is 2. The van der Waals surface area contributed by atoms with E-state index in [9.17, 15) is 13.2 Å². The van der Waals surface area contributed by atoms with Crippen LogP contribution in [0.25, 0.3) is 0 Å². The summed E-state index contributed by atoms with van der Waals surface area (Å²) in [5.74, 6) is 1.24. The Morgan fingerprint density at radius 3 is 2.88 bits per heavy atom. The monoisotopic (exact) mass is 372 g/mol. The van der Waals surface area contributed by atoms with Crippen LogP contribution in [0.1, 0.15) is 26.2 Å². The summed E-state index contributed by atoms with van der Waals surface area (Å²) >= 11 is 0. The second-order valence-corrected chi connectivity index (χ2v) is 6.26. The molecule has 1 atom stereocenters. The molecule has 1 unspecified atom stereocenters. The van der Waals surface area contributed by atoms with Gasteiger partial charge in [-0.1, -0.05) is 6.07 Å². The van der Waals surface area contributed by atoms with Gasteiger partial charge >= 0.3 is 6.18 Å². The van der Waals surface area contributed by atoms with Crippen molar-refractivity contribution >= 4 is 11.6 Å². The van der Waals surface area contributed by atoms with E-state index >= 15 is 0 Å². The summed E-state index contributed by atoms with van der Waals surface area (Å²) in [6.07, 6.45) is -3.15. The number of aliphatic imine (C=N–C) groups is 1. The first-order chi connectivity index (χ1) is 12.4. The maximum Gasteiger partial charge on any atom is 0.390 e. The number of alkyl halides is 3. The molecule has 0 aromatic heterocycles. The number of benzene rings is 1. The van der Waals surface area contributed by atoms with Crippen molar-refractivity contribution in [1.82, 2.24) is 10.6 Å². The number of nitrogens with one attached hydrogen (secondary N) is 2. The topological polar surface area (TPSA) is 48.9 Å². The van der Waals surface area contributed by atoms with Crippen LogP contribution in [-0.4, -0.2) is 51.5 Å². The third-order valence-corrected chi connectivity index (χ3v) is 4.19. The number of guanidine groups is 1. The van der Waals surface area contributed by atoms with E-state index < -0.39 is 12.6 Å². The van der Waals surface area contributed by atoms with Crippen LogP contribution < -0.4 is 20.3 Å². The number of piperidine rings is 1. The van der Waals surface area contributed by atoms with Gasteiger partial charge in [0.25, 0.3) is 0 Å². The number of hydrogen-bond donors (Lipinski definition) is 2. The lowest BCUT2D eigenvalue weighted by atomic mass is 10.0. The van der Waals surface area contributed by atoms with Crippen LogP contribution in [0.4, 0.5) is 18.9 Å². The van der Waals surface area contributed by atoms with Gasteiger partial charge in [-0.2, -0.15) is 13.2 Å². The maximum absolute atomic E-state index is 12.3. The molecule has 1 aromatic carbocycles. The minimum Gasteiger partial charge on any atom is -0.497 e. The summed E-state index contributed by atoms with van der Waals surface area (Å²) in [6.45, 7) is 3.92. The molecule has 1 fully saturated rings. The number of rotatable bonds is 6. The van der Waals surface area contributed by atoms with Crippen LogP contribution >= 0.6 is 0 Å². The van der Waals surface area contributed by atoms with Crippen molar-refractivity contribution < 1.29 is 17.9 Å². The molecule has 26 heavy (non-hydrogen) atoms. The molecule has 146 valence electrons. The Labute approximate surface area is 152 Å². The molecule has 1 aliphatic rings. The van der Waals surface area contributed by atoms with Gasteiger partial charge in [0, 0.05) is 37.4 Å². The van der Waals surface area contributed by atoms with E-state index in [1.54, 1.807) is 7.11 Å². The molecule has 0 saturated carbocycles. The number of halogens is 3. The molecular formula is C18H27F3N4O. The average molecular weight is 372 g/mol. The summed E-state index contributed by atoms with van der Waals surface area (Å²) in [5, 5.41) is 6.29. The molecule has 5 nitrogen and oxygen atoms in total. The molecule has 1 saturated heterocycles. The first kappa shape index (κ1) is 20.2. The Morgan fingerprint density at radius 2 is 2.19 bits per heavy atom. The number of methoxy groups -OCH3 is 1. The van der Waals surface area contributed by atoms with Gasteiger partial charge < -0.3 is 20.3 Å². The molecule has 0 aliphatic carbocycles. The molecule has 8 heteroatoms. The highest BCUT2D eigenvalue weighted by molar-refractivity contribution is 5.80. The molecule has 0 spiro atoms. The van der Waals surface area contributed by atoms with Crippen molar-refractivity contribution in [3.8, 4) is 5.75 Å². The molecule has 1 aromatic rings. The van der Waals surface area contributed by atoms with Crippen LogP contribution in [0.15, 0.2) is 29.3 Å². The van der Waals surface area contributed by atoms with Crippen molar-refractivity contribution in [2.75, 3.05) is 38.2 Å². The van der Waals surface area contributed by atoms with Gasteiger partial charge in [-0.05, 0) is 31.9 Å². The van der Waals surface area contributed by atoms with Crippen molar-refractivity contribution in [3.05, 3.63) is 24.3 Å². The largest absolute Gasteiger partial charge is 0.497 e. The van der Waals surface area contributed by atoms with E-state index in [4.69, 9.17) is 4.74 Å². The lowest BCUT2D eigenvalue weighted by molar-refractivity contribution is -0.132. The highest BCUT2D eigenvalue weighted by Crippen LogP contribution is 2.24. The second-order valence-electron chi connectivity index (χ2n) is 6.26. The summed E-state index contributed by atoms with van der Waals surface area (Å²) < 4.78 is 42.3. The molecule has 0 bridgehead atoms. The highest BCUT2D eigenvalue weighted by atomic mass is 19.4. The smallest absolute Gasteiger partial charge is 0.390 e. The van der Waals surface area contributed by atoms with Crippen molar-refractivity contribution in [2.24, 2.45) is 4.99 Å². The predicted octanol–water partition coefficient (Wildman–Crippen LogP) is 3.17. The molecule has 0 radical (unpaired) electrons. The van der Waals surface area contributed by atoms with Crippen LogP contribution in [0, 0.1) is 0 Å². The Hall–Kier alpha value is -2.12. The SMILES string of the molecule is CCNC(=NCCC(F)(F)F)NC1CCCN(c2cccc(OC)c2)C1.